The monoisotopic (exact) mass is 434 g/mol. The minimum atomic E-state index is -3.80. The van der Waals surface area contributed by atoms with Crippen molar-refractivity contribution >= 4 is 9.84 Å². The van der Waals surface area contributed by atoms with Crippen LogP contribution in [-0.2, 0) is 9.84 Å². The van der Waals surface area contributed by atoms with Gasteiger partial charge in [-0.25, -0.2) is 17.2 Å². The molecule has 0 unspecified atom stereocenters. The molecule has 0 spiro atoms. The van der Waals surface area contributed by atoms with Crippen LogP contribution < -0.4 is 0 Å². The van der Waals surface area contributed by atoms with Gasteiger partial charge in [0.15, 0.2) is 0 Å². The molecule has 31 heavy (non-hydrogen) atoms. The maximum atomic E-state index is 13.4. The van der Waals surface area contributed by atoms with E-state index in [2.05, 4.69) is 0 Å². The average Bonchev–Trinajstić information content (AvgIpc) is 2.75. The molecule has 5 heteroatoms. The molecule has 0 amide bonds. The van der Waals surface area contributed by atoms with Crippen LogP contribution in [0.15, 0.2) is 94.7 Å². The van der Waals surface area contributed by atoms with Crippen LogP contribution in [0.3, 0.4) is 0 Å². The number of rotatable bonds is 4. The lowest BCUT2D eigenvalue weighted by Crippen LogP contribution is -2.03. The van der Waals surface area contributed by atoms with E-state index in [0.717, 1.165) is 33.4 Å². The van der Waals surface area contributed by atoms with Crippen LogP contribution in [0.5, 0.6) is 0 Å². The van der Waals surface area contributed by atoms with Gasteiger partial charge < -0.3 is 0 Å². The molecule has 0 saturated heterocycles. The fourth-order valence-corrected chi connectivity index (χ4v) is 4.87. The molecule has 0 aromatic heterocycles. The molecule has 0 fully saturated rings. The Bertz CT molecular complexity index is 1260. The highest BCUT2D eigenvalue weighted by molar-refractivity contribution is 7.91. The molecule has 0 aliphatic rings. The van der Waals surface area contributed by atoms with Crippen molar-refractivity contribution in [3.8, 4) is 22.3 Å². The molecule has 156 valence electrons. The molecule has 0 saturated carbocycles. The van der Waals surface area contributed by atoms with E-state index in [0.29, 0.717) is 0 Å². The first-order valence-electron chi connectivity index (χ1n) is 9.74. The normalized spacial score (nSPS) is 11.5. The van der Waals surface area contributed by atoms with Crippen LogP contribution in [-0.4, -0.2) is 8.42 Å². The summed E-state index contributed by atoms with van der Waals surface area (Å²) in [6, 6.07) is 21.8. The van der Waals surface area contributed by atoms with Crippen molar-refractivity contribution < 1.29 is 17.2 Å². The van der Waals surface area contributed by atoms with Gasteiger partial charge in [-0.1, -0.05) is 36.4 Å². The summed E-state index contributed by atoms with van der Waals surface area (Å²) in [6.07, 6.45) is 0. The summed E-state index contributed by atoms with van der Waals surface area (Å²) >= 11 is 0. The van der Waals surface area contributed by atoms with Gasteiger partial charge in [0.05, 0.1) is 9.79 Å². The van der Waals surface area contributed by atoms with Gasteiger partial charge in [0.25, 0.3) is 0 Å². The van der Waals surface area contributed by atoms with Crippen LogP contribution in [0.25, 0.3) is 22.3 Å². The van der Waals surface area contributed by atoms with Crippen molar-refractivity contribution in [3.05, 3.63) is 108 Å². The molecule has 0 heterocycles. The highest BCUT2D eigenvalue weighted by Gasteiger charge is 2.20. The predicted octanol–water partition coefficient (Wildman–Crippen LogP) is 6.75. The zero-order valence-electron chi connectivity index (χ0n) is 17.1. The highest BCUT2D eigenvalue weighted by Crippen LogP contribution is 2.32. The number of hydrogen-bond acceptors (Lipinski definition) is 2. The average molecular weight is 435 g/mol. The Morgan fingerprint density at radius 3 is 1.26 bits per heavy atom. The molecule has 0 aliphatic carbocycles. The van der Waals surface area contributed by atoms with E-state index in [4.69, 9.17) is 0 Å². The number of halogens is 2. The Morgan fingerprint density at radius 1 is 0.548 bits per heavy atom. The lowest BCUT2D eigenvalue weighted by atomic mass is 10.0. The van der Waals surface area contributed by atoms with Gasteiger partial charge in [-0.05, 0) is 95.8 Å². The third kappa shape index (κ3) is 4.14. The summed E-state index contributed by atoms with van der Waals surface area (Å²) in [4.78, 5) is 0.317. The molecule has 4 aromatic carbocycles. The van der Waals surface area contributed by atoms with Gasteiger partial charge in [0, 0.05) is 0 Å². The topological polar surface area (TPSA) is 34.1 Å². The van der Waals surface area contributed by atoms with E-state index >= 15 is 0 Å². The molecule has 0 N–H and O–H groups in total. The minimum absolute atomic E-state index is 0.159. The second-order valence-corrected chi connectivity index (χ2v) is 9.42. The molecule has 4 aromatic rings. The Morgan fingerprint density at radius 2 is 0.903 bits per heavy atom. The van der Waals surface area contributed by atoms with Gasteiger partial charge in [0.1, 0.15) is 11.6 Å². The Kier molecular flexibility index (Phi) is 5.46. The molecular weight excluding hydrogens is 414 g/mol. The van der Waals surface area contributed by atoms with Gasteiger partial charge >= 0.3 is 0 Å². The quantitative estimate of drug-likeness (QED) is 0.356. The Labute approximate surface area is 180 Å². The van der Waals surface area contributed by atoms with E-state index < -0.39 is 9.84 Å². The lowest BCUT2D eigenvalue weighted by Gasteiger charge is -2.13. The van der Waals surface area contributed by atoms with Crippen molar-refractivity contribution in [2.75, 3.05) is 0 Å². The fourth-order valence-electron chi connectivity index (χ4n) is 3.55. The van der Waals surface area contributed by atoms with E-state index in [-0.39, 0.29) is 21.4 Å². The van der Waals surface area contributed by atoms with Crippen LogP contribution >= 0.6 is 0 Å². The summed E-state index contributed by atoms with van der Waals surface area (Å²) in [6.45, 7) is 3.77. The van der Waals surface area contributed by atoms with E-state index in [1.54, 1.807) is 60.7 Å². The highest BCUT2D eigenvalue weighted by atomic mass is 32.2. The lowest BCUT2D eigenvalue weighted by molar-refractivity contribution is 0.596. The van der Waals surface area contributed by atoms with Crippen LogP contribution in [0, 0.1) is 25.5 Å². The Balaban J connectivity index is 1.80. The zero-order chi connectivity index (χ0) is 22.2. The van der Waals surface area contributed by atoms with E-state index in [1.165, 1.54) is 24.3 Å². The van der Waals surface area contributed by atoms with Crippen molar-refractivity contribution in [2.24, 2.45) is 0 Å². The molecule has 2 nitrogen and oxygen atoms in total. The second-order valence-electron chi connectivity index (χ2n) is 7.47. The summed E-state index contributed by atoms with van der Waals surface area (Å²) < 4.78 is 53.4. The first kappa shape index (κ1) is 20.9. The number of sulfone groups is 1. The largest absolute Gasteiger partial charge is 0.219 e. The first-order chi connectivity index (χ1) is 14.8. The molecule has 0 atom stereocenters. The molecule has 4 rings (SSSR count). The van der Waals surface area contributed by atoms with Gasteiger partial charge in [0.2, 0.25) is 9.84 Å². The summed E-state index contributed by atoms with van der Waals surface area (Å²) in [7, 11) is -3.80. The summed E-state index contributed by atoms with van der Waals surface area (Å²) in [5.41, 5.74) is 4.72. The standard InChI is InChI=1S/C26H20F2O2S/c1-17-3-13-23(15-25(17)19-5-9-21(27)10-6-19)31(29,30)24-14-4-18(2)26(16-24)20-7-11-22(28)12-8-20/h3-16H,1-2H3. The van der Waals surface area contributed by atoms with Crippen molar-refractivity contribution in [3.63, 3.8) is 0 Å². The molecule has 0 radical (unpaired) electrons. The van der Waals surface area contributed by atoms with Crippen molar-refractivity contribution in [1.82, 2.24) is 0 Å². The van der Waals surface area contributed by atoms with Crippen LogP contribution in [0.2, 0.25) is 0 Å². The predicted molar refractivity (Wildman–Crippen MR) is 119 cm³/mol. The molecule has 0 aliphatic heterocycles. The van der Waals surface area contributed by atoms with Crippen LogP contribution in [0.1, 0.15) is 11.1 Å². The third-order valence-electron chi connectivity index (χ3n) is 5.35. The Hall–Kier alpha value is -3.31. The number of aryl methyl sites for hydroxylation is 2. The van der Waals surface area contributed by atoms with E-state index in [9.17, 15) is 17.2 Å². The smallest absolute Gasteiger partial charge is 0.206 e. The first-order valence-corrected chi connectivity index (χ1v) is 11.2. The molecule has 0 bridgehead atoms. The van der Waals surface area contributed by atoms with Gasteiger partial charge in [-0.3, -0.25) is 0 Å². The van der Waals surface area contributed by atoms with Gasteiger partial charge in [-0.15, -0.1) is 0 Å². The number of hydrogen-bond donors (Lipinski definition) is 0. The summed E-state index contributed by atoms with van der Waals surface area (Å²) in [5.74, 6) is -0.698. The zero-order valence-corrected chi connectivity index (χ0v) is 17.9. The summed E-state index contributed by atoms with van der Waals surface area (Å²) in [5, 5.41) is 0. The minimum Gasteiger partial charge on any atom is -0.219 e. The van der Waals surface area contributed by atoms with Crippen LogP contribution in [0.4, 0.5) is 8.78 Å². The second kappa shape index (κ2) is 8.08. The van der Waals surface area contributed by atoms with E-state index in [1.807, 2.05) is 13.8 Å². The van der Waals surface area contributed by atoms with Crippen molar-refractivity contribution in [1.29, 1.82) is 0 Å². The number of benzene rings is 4. The van der Waals surface area contributed by atoms with Crippen molar-refractivity contribution in [2.45, 2.75) is 23.6 Å². The maximum absolute atomic E-state index is 13.4. The third-order valence-corrected chi connectivity index (χ3v) is 7.10. The maximum Gasteiger partial charge on any atom is 0.206 e. The van der Waals surface area contributed by atoms with Gasteiger partial charge in [-0.2, -0.15) is 0 Å². The molecular formula is C26H20F2O2S. The fraction of sp³-hybridized carbons (Fsp3) is 0.0769. The SMILES string of the molecule is Cc1ccc(S(=O)(=O)c2ccc(C)c(-c3ccc(F)cc3)c2)cc1-c1ccc(F)cc1.